The second-order valence-corrected chi connectivity index (χ2v) is 8.11. The Bertz CT molecular complexity index is 760. The van der Waals surface area contributed by atoms with Gasteiger partial charge in [-0.25, -0.2) is 8.42 Å². The molecule has 0 saturated heterocycles. The van der Waals surface area contributed by atoms with Crippen LogP contribution in [0.3, 0.4) is 0 Å². The smallest absolute Gasteiger partial charge is 0.305 e. The van der Waals surface area contributed by atoms with Gasteiger partial charge in [0.05, 0.1) is 23.3 Å². The van der Waals surface area contributed by atoms with Crippen molar-refractivity contribution in [3.63, 3.8) is 0 Å². The molecule has 0 unspecified atom stereocenters. The molecular formula is C15H19N3O5S. The average molecular weight is 353 g/mol. The van der Waals surface area contributed by atoms with Crippen molar-refractivity contribution in [2.75, 3.05) is 12.3 Å². The van der Waals surface area contributed by atoms with Gasteiger partial charge in [-0.15, -0.1) is 4.40 Å². The molecule has 3 aliphatic rings. The van der Waals surface area contributed by atoms with Crippen molar-refractivity contribution in [1.29, 1.82) is 0 Å². The largest absolute Gasteiger partial charge is 0.481 e. The van der Waals surface area contributed by atoms with E-state index in [-0.39, 0.29) is 24.6 Å². The normalized spacial score (nSPS) is 23.9. The number of hydrogen-bond donors (Lipinski definition) is 2. The van der Waals surface area contributed by atoms with Gasteiger partial charge in [0.2, 0.25) is 0 Å². The average Bonchev–Trinajstić information content (AvgIpc) is 2.93. The molecule has 0 aromatic heterocycles. The van der Waals surface area contributed by atoms with Crippen LogP contribution in [0.15, 0.2) is 28.3 Å². The first-order valence-corrected chi connectivity index (χ1v) is 9.43. The molecule has 1 fully saturated rings. The Kier molecular flexibility index (Phi) is 4.20. The van der Waals surface area contributed by atoms with Crippen LogP contribution in [0, 0.1) is 0 Å². The van der Waals surface area contributed by atoms with Crippen molar-refractivity contribution >= 4 is 27.7 Å². The number of nitrogens with zero attached hydrogens (tertiary/aromatic N) is 2. The van der Waals surface area contributed by atoms with Gasteiger partial charge in [0.25, 0.3) is 15.9 Å². The lowest BCUT2D eigenvalue weighted by Crippen LogP contribution is -2.48. The Balaban J connectivity index is 1.76. The minimum atomic E-state index is -3.43. The van der Waals surface area contributed by atoms with E-state index in [1.165, 1.54) is 12.2 Å². The van der Waals surface area contributed by atoms with Crippen LogP contribution in [-0.2, 0) is 19.6 Å². The summed E-state index contributed by atoms with van der Waals surface area (Å²) in [5.74, 6) is -1.08. The minimum absolute atomic E-state index is 0.0929. The van der Waals surface area contributed by atoms with Gasteiger partial charge in [-0.05, 0) is 25.0 Å². The number of sulfonamides is 1. The maximum absolute atomic E-state index is 12.5. The molecule has 1 aliphatic carbocycles. The highest BCUT2D eigenvalue weighted by Gasteiger charge is 2.38. The number of amidine groups is 1. The zero-order valence-corrected chi connectivity index (χ0v) is 13.9. The standard InChI is InChI=1S/C15H19N3O5S/c19-13(20)9-15(5-1-2-6-15)16-14(21)11-3-4-12-17-24(22,23)8-7-18(12)10-11/h3-4,10H,1-2,5-9H2,(H,16,21)(H,19,20). The topological polar surface area (TPSA) is 116 Å². The molecule has 2 N–H and O–H groups in total. The lowest BCUT2D eigenvalue weighted by Gasteiger charge is -2.31. The summed E-state index contributed by atoms with van der Waals surface area (Å²) >= 11 is 0. The zero-order valence-electron chi connectivity index (χ0n) is 13.1. The predicted octanol–water partition coefficient (Wildman–Crippen LogP) is 0.388. The molecule has 1 amide bonds. The van der Waals surface area contributed by atoms with Gasteiger partial charge in [0.15, 0.2) is 0 Å². The number of fused-ring (bicyclic) bond motifs is 1. The first-order chi connectivity index (χ1) is 11.3. The van der Waals surface area contributed by atoms with E-state index in [2.05, 4.69) is 9.71 Å². The van der Waals surface area contributed by atoms with E-state index in [0.29, 0.717) is 24.3 Å². The highest BCUT2D eigenvalue weighted by molar-refractivity contribution is 7.90. The maximum atomic E-state index is 12.5. The van der Waals surface area contributed by atoms with Crippen LogP contribution in [0.1, 0.15) is 32.1 Å². The van der Waals surface area contributed by atoms with Crippen LogP contribution in [0.25, 0.3) is 0 Å². The van der Waals surface area contributed by atoms with Crippen molar-refractivity contribution in [2.45, 2.75) is 37.6 Å². The quantitative estimate of drug-likeness (QED) is 0.755. The number of carbonyl (C=O) groups excluding carboxylic acids is 1. The summed E-state index contributed by atoms with van der Waals surface area (Å²) in [6.45, 7) is 0.239. The third-order valence-corrected chi connectivity index (χ3v) is 5.68. The van der Waals surface area contributed by atoms with Gasteiger partial charge in [-0.3, -0.25) is 9.59 Å². The number of carbonyl (C=O) groups is 2. The first kappa shape index (κ1) is 16.7. The fourth-order valence-electron chi connectivity index (χ4n) is 3.34. The van der Waals surface area contributed by atoms with Crippen LogP contribution in [0.4, 0.5) is 0 Å². The highest BCUT2D eigenvalue weighted by atomic mass is 32.2. The summed E-state index contributed by atoms with van der Waals surface area (Å²) in [5, 5.41) is 12.0. The lowest BCUT2D eigenvalue weighted by molar-refractivity contribution is -0.139. The first-order valence-electron chi connectivity index (χ1n) is 7.82. The third kappa shape index (κ3) is 3.50. The van der Waals surface area contributed by atoms with Crippen molar-refractivity contribution in [3.05, 3.63) is 23.9 Å². The molecule has 0 spiro atoms. The van der Waals surface area contributed by atoms with E-state index in [1.54, 1.807) is 11.1 Å². The number of carboxylic acid groups (broad SMARTS) is 1. The van der Waals surface area contributed by atoms with E-state index in [1.807, 2.05) is 0 Å². The highest BCUT2D eigenvalue weighted by Crippen LogP contribution is 2.33. The second-order valence-electron chi connectivity index (χ2n) is 6.36. The van der Waals surface area contributed by atoms with Gasteiger partial charge >= 0.3 is 5.97 Å². The molecule has 0 bridgehead atoms. The van der Waals surface area contributed by atoms with Crippen molar-refractivity contribution < 1.29 is 23.1 Å². The molecule has 9 heteroatoms. The predicted molar refractivity (Wildman–Crippen MR) is 86.7 cm³/mol. The van der Waals surface area contributed by atoms with Gasteiger partial charge in [-0.2, -0.15) is 0 Å². The van der Waals surface area contributed by atoms with Crippen LogP contribution in [0.2, 0.25) is 0 Å². The Hall–Kier alpha value is -2.16. The van der Waals surface area contributed by atoms with Crippen LogP contribution in [0.5, 0.6) is 0 Å². The summed E-state index contributed by atoms with van der Waals surface area (Å²) in [6, 6.07) is 0. The number of amides is 1. The molecular weight excluding hydrogens is 334 g/mol. The molecule has 0 aromatic carbocycles. The number of hydrogen-bond acceptors (Lipinski definition) is 5. The van der Waals surface area contributed by atoms with Crippen molar-refractivity contribution in [3.8, 4) is 0 Å². The Morgan fingerprint density at radius 3 is 2.67 bits per heavy atom. The molecule has 24 heavy (non-hydrogen) atoms. The SMILES string of the molecule is O=C(O)CC1(NC(=O)C2=CN3CCS(=O)(=O)N=C3C=C2)CCCC1. The minimum Gasteiger partial charge on any atom is -0.481 e. The number of nitrogens with one attached hydrogen (secondary N) is 1. The van der Waals surface area contributed by atoms with E-state index in [9.17, 15) is 18.0 Å². The molecule has 0 aromatic rings. The Morgan fingerprint density at radius 2 is 2.00 bits per heavy atom. The van der Waals surface area contributed by atoms with Crippen LogP contribution < -0.4 is 5.32 Å². The van der Waals surface area contributed by atoms with E-state index < -0.39 is 21.5 Å². The zero-order chi connectivity index (χ0) is 17.4. The molecule has 2 aliphatic heterocycles. The van der Waals surface area contributed by atoms with Gasteiger partial charge in [0.1, 0.15) is 5.84 Å². The van der Waals surface area contributed by atoms with Gasteiger partial charge < -0.3 is 15.3 Å². The Morgan fingerprint density at radius 1 is 1.29 bits per heavy atom. The monoisotopic (exact) mass is 353 g/mol. The van der Waals surface area contributed by atoms with Gasteiger partial charge in [0, 0.05) is 12.7 Å². The summed E-state index contributed by atoms with van der Waals surface area (Å²) in [4.78, 5) is 25.3. The summed E-state index contributed by atoms with van der Waals surface area (Å²) < 4.78 is 26.6. The number of aliphatic carboxylic acids is 1. The van der Waals surface area contributed by atoms with Crippen molar-refractivity contribution in [1.82, 2.24) is 10.2 Å². The molecule has 8 nitrogen and oxygen atoms in total. The maximum Gasteiger partial charge on any atom is 0.305 e. The number of carboxylic acids is 1. The molecule has 2 heterocycles. The molecule has 0 atom stereocenters. The van der Waals surface area contributed by atoms with Crippen LogP contribution in [-0.4, -0.2) is 54.0 Å². The summed E-state index contributed by atoms with van der Waals surface area (Å²) in [7, 11) is -3.43. The molecule has 3 rings (SSSR count). The molecule has 130 valence electrons. The summed E-state index contributed by atoms with van der Waals surface area (Å²) in [5.41, 5.74) is -0.332. The molecule has 0 radical (unpaired) electrons. The fourth-order valence-corrected chi connectivity index (χ4v) is 4.30. The summed E-state index contributed by atoms with van der Waals surface area (Å²) in [6.07, 6.45) is 7.55. The third-order valence-electron chi connectivity index (χ3n) is 4.52. The number of rotatable bonds is 4. The van der Waals surface area contributed by atoms with Crippen molar-refractivity contribution in [2.24, 2.45) is 4.40 Å². The van der Waals surface area contributed by atoms with E-state index >= 15 is 0 Å². The Labute approximate surface area is 140 Å². The van der Waals surface area contributed by atoms with E-state index in [4.69, 9.17) is 5.11 Å². The lowest BCUT2D eigenvalue weighted by atomic mass is 9.92. The van der Waals surface area contributed by atoms with E-state index in [0.717, 1.165) is 12.8 Å². The van der Waals surface area contributed by atoms with Crippen LogP contribution >= 0.6 is 0 Å². The van der Waals surface area contributed by atoms with Gasteiger partial charge in [-0.1, -0.05) is 12.8 Å². The second kappa shape index (κ2) is 6.04. The molecule has 1 saturated carbocycles. The fraction of sp³-hybridized carbons (Fsp3) is 0.533.